The largest absolute Gasteiger partial charge is 0.508 e. The molecular formula is C23H25N3O. The van der Waals surface area contributed by atoms with Crippen molar-refractivity contribution in [3.63, 3.8) is 0 Å². The molecule has 1 aromatic heterocycles. The average molecular weight is 359 g/mol. The first kappa shape index (κ1) is 17.6. The second-order valence-corrected chi connectivity index (χ2v) is 7.02. The number of fused-ring (bicyclic) bond motifs is 1. The molecule has 0 saturated carbocycles. The van der Waals surface area contributed by atoms with Gasteiger partial charge in [-0.05, 0) is 53.8 Å². The first-order valence-electron chi connectivity index (χ1n) is 9.55. The van der Waals surface area contributed by atoms with Crippen LogP contribution in [-0.4, -0.2) is 23.2 Å². The topological polar surface area (TPSA) is 48.4 Å². The molecule has 0 aliphatic heterocycles. The summed E-state index contributed by atoms with van der Waals surface area (Å²) in [5, 5.41) is 13.5. The zero-order chi connectivity index (χ0) is 18.5. The molecule has 4 nitrogen and oxygen atoms in total. The summed E-state index contributed by atoms with van der Waals surface area (Å²) in [5.41, 5.74) is 3.86. The van der Waals surface area contributed by atoms with Gasteiger partial charge in [0.1, 0.15) is 11.6 Å². The van der Waals surface area contributed by atoms with Crippen LogP contribution in [0, 0.1) is 0 Å². The molecule has 0 saturated heterocycles. The molecular weight excluding hydrogens is 334 g/mol. The highest BCUT2D eigenvalue weighted by atomic mass is 16.3. The summed E-state index contributed by atoms with van der Waals surface area (Å²) < 4.78 is 0. The predicted molar refractivity (Wildman–Crippen MR) is 109 cm³/mol. The normalized spacial score (nSPS) is 15.5. The maximum absolute atomic E-state index is 9.80. The number of aromatic nitrogens is 1. The quantitative estimate of drug-likeness (QED) is 0.668. The third-order valence-corrected chi connectivity index (χ3v) is 5.17. The fourth-order valence-corrected chi connectivity index (χ4v) is 3.79. The first-order valence-corrected chi connectivity index (χ1v) is 9.55. The van der Waals surface area contributed by atoms with Crippen LogP contribution in [0.15, 0.2) is 72.9 Å². The van der Waals surface area contributed by atoms with Crippen LogP contribution < -0.4 is 10.2 Å². The zero-order valence-electron chi connectivity index (χ0n) is 15.4. The van der Waals surface area contributed by atoms with Gasteiger partial charge in [-0.2, -0.15) is 0 Å². The molecule has 1 unspecified atom stereocenters. The van der Waals surface area contributed by atoms with Crippen LogP contribution in [0.25, 0.3) is 0 Å². The van der Waals surface area contributed by atoms with Gasteiger partial charge in [0.2, 0.25) is 0 Å². The van der Waals surface area contributed by atoms with Gasteiger partial charge >= 0.3 is 0 Å². The molecule has 4 rings (SSSR count). The van der Waals surface area contributed by atoms with Crippen LogP contribution in [0.4, 0.5) is 5.82 Å². The van der Waals surface area contributed by atoms with Gasteiger partial charge in [-0.3, -0.25) is 0 Å². The van der Waals surface area contributed by atoms with E-state index < -0.39 is 0 Å². The monoisotopic (exact) mass is 359 g/mol. The number of nitrogens with one attached hydrogen (secondary N) is 1. The van der Waals surface area contributed by atoms with E-state index in [1.165, 1.54) is 16.7 Å². The van der Waals surface area contributed by atoms with Gasteiger partial charge in [-0.1, -0.05) is 42.5 Å². The number of nitrogens with zero attached hydrogens (tertiary/aromatic N) is 2. The van der Waals surface area contributed by atoms with E-state index in [-0.39, 0.29) is 0 Å². The standard InChI is InChI=1S/C23H25N3O/c27-20-11-9-19-10-12-22(21(19)16-20)24-14-15-26(23-8-4-5-13-25-23)17-18-6-2-1-3-7-18/h1-9,11,13,16,22,24,27H,10,12,14-15,17H2. The smallest absolute Gasteiger partial charge is 0.128 e. The fourth-order valence-electron chi connectivity index (χ4n) is 3.79. The molecule has 0 amide bonds. The molecule has 0 spiro atoms. The van der Waals surface area contributed by atoms with E-state index in [9.17, 15) is 5.11 Å². The molecule has 0 radical (unpaired) electrons. The molecule has 0 fully saturated rings. The summed E-state index contributed by atoms with van der Waals surface area (Å²) >= 11 is 0. The van der Waals surface area contributed by atoms with Crippen molar-refractivity contribution in [2.45, 2.75) is 25.4 Å². The van der Waals surface area contributed by atoms with Crippen molar-refractivity contribution in [2.75, 3.05) is 18.0 Å². The minimum absolute atomic E-state index is 0.314. The number of hydrogen-bond acceptors (Lipinski definition) is 4. The Balaban J connectivity index is 1.42. The predicted octanol–water partition coefficient (Wildman–Crippen LogP) is 4.07. The molecule has 1 heterocycles. The summed E-state index contributed by atoms with van der Waals surface area (Å²) in [5.74, 6) is 1.34. The highest BCUT2D eigenvalue weighted by Gasteiger charge is 2.22. The van der Waals surface area contributed by atoms with E-state index in [4.69, 9.17) is 0 Å². The zero-order valence-corrected chi connectivity index (χ0v) is 15.4. The van der Waals surface area contributed by atoms with Gasteiger partial charge < -0.3 is 15.3 Å². The summed E-state index contributed by atoms with van der Waals surface area (Å²) in [7, 11) is 0. The number of pyridine rings is 1. The van der Waals surface area contributed by atoms with E-state index >= 15 is 0 Å². The molecule has 1 aliphatic rings. The van der Waals surface area contributed by atoms with Crippen molar-refractivity contribution in [3.05, 3.63) is 89.6 Å². The Kier molecular flexibility index (Phi) is 5.35. The van der Waals surface area contributed by atoms with Gasteiger partial charge in [0, 0.05) is 31.9 Å². The Morgan fingerprint density at radius 2 is 1.89 bits per heavy atom. The molecule has 2 aromatic carbocycles. The van der Waals surface area contributed by atoms with E-state index in [0.29, 0.717) is 11.8 Å². The van der Waals surface area contributed by atoms with Crippen molar-refractivity contribution >= 4 is 5.82 Å². The Morgan fingerprint density at radius 3 is 2.70 bits per heavy atom. The van der Waals surface area contributed by atoms with Crippen LogP contribution in [0.3, 0.4) is 0 Å². The van der Waals surface area contributed by atoms with Gasteiger partial charge in [-0.25, -0.2) is 4.98 Å². The average Bonchev–Trinajstić information content (AvgIpc) is 3.11. The molecule has 1 atom stereocenters. The Morgan fingerprint density at radius 1 is 1.04 bits per heavy atom. The summed E-state index contributed by atoms with van der Waals surface area (Å²) in [4.78, 5) is 6.84. The van der Waals surface area contributed by atoms with Crippen molar-refractivity contribution < 1.29 is 5.11 Å². The Hall–Kier alpha value is -2.85. The number of hydrogen-bond donors (Lipinski definition) is 2. The number of phenolic OH excluding ortho intramolecular Hbond substituents is 1. The number of anilines is 1. The van der Waals surface area contributed by atoms with Gasteiger partial charge in [0.15, 0.2) is 0 Å². The fraction of sp³-hybridized carbons (Fsp3) is 0.261. The van der Waals surface area contributed by atoms with E-state index in [2.05, 4.69) is 45.5 Å². The van der Waals surface area contributed by atoms with Crippen molar-refractivity contribution in [1.29, 1.82) is 0 Å². The summed E-state index contributed by atoms with van der Waals surface area (Å²) in [6, 6.07) is 22.6. The molecule has 27 heavy (non-hydrogen) atoms. The Bertz CT molecular complexity index is 867. The first-order chi connectivity index (χ1) is 13.3. The molecule has 2 N–H and O–H groups in total. The maximum atomic E-state index is 9.80. The minimum atomic E-state index is 0.314. The Labute approximate surface area is 160 Å². The van der Waals surface area contributed by atoms with Crippen LogP contribution in [0.2, 0.25) is 0 Å². The van der Waals surface area contributed by atoms with Crippen molar-refractivity contribution in [2.24, 2.45) is 0 Å². The number of benzene rings is 2. The summed E-state index contributed by atoms with van der Waals surface area (Å²) in [6.45, 7) is 2.57. The second-order valence-electron chi connectivity index (χ2n) is 7.02. The number of aromatic hydroxyl groups is 1. The van der Waals surface area contributed by atoms with Crippen molar-refractivity contribution in [3.8, 4) is 5.75 Å². The SMILES string of the molecule is Oc1ccc2c(c1)C(NCCN(Cc1ccccc1)c1ccccn1)CC2. The summed E-state index contributed by atoms with van der Waals surface area (Å²) in [6.07, 6.45) is 4.00. The number of rotatable bonds is 7. The van der Waals surface area contributed by atoms with Crippen LogP contribution in [0.5, 0.6) is 5.75 Å². The highest BCUT2D eigenvalue weighted by molar-refractivity contribution is 5.41. The molecule has 1 aliphatic carbocycles. The van der Waals surface area contributed by atoms with E-state index in [1.54, 1.807) is 6.07 Å². The minimum Gasteiger partial charge on any atom is -0.508 e. The van der Waals surface area contributed by atoms with Crippen molar-refractivity contribution in [1.82, 2.24) is 10.3 Å². The lowest BCUT2D eigenvalue weighted by Gasteiger charge is -2.25. The number of phenols is 1. The van der Waals surface area contributed by atoms with Gasteiger partial charge in [-0.15, -0.1) is 0 Å². The lowest BCUT2D eigenvalue weighted by atomic mass is 10.1. The molecule has 3 aromatic rings. The van der Waals surface area contributed by atoms with E-state index in [0.717, 1.165) is 38.3 Å². The van der Waals surface area contributed by atoms with Crippen LogP contribution >= 0.6 is 0 Å². The van der Waals surface area contributed by atoms with E-state index in [1.807, 2.05) is 36.5 Å². The van der Waals surface area contributed by atoms with Crippen LogP contribution in [0.1, 0.15) is 29.2 Å². The highest BCUT2D eigenvalue weighted by Crippen LogP contribution is 2.33. The third kappa shape index (κ3) is 4.29. The van der Waals surface area contributed by atoms with Gasteiger partial charge in [0.05, 0.1) is 0 Å². The molecule has 4 heteroatoms. The lowest BCUT2D eigenvalue weighted by molar-refractivity contribution is 0.471. The second kappa shape index (κ2) is 8.23. The third-order valence-electron chi connectivity index (χ3n) is 5.17. The molecule has 0 bridgehead atoms. The maximum Gasteiger partial charge on any atom is 0.128 e. The van der Waals surface area contributed by atoms with Gasteiger partial charge in [0.25, 0.3) is 0 Å². The molecule has 138 valence electrons. The lowest BCUT2D eigenvalue weighted by Crippen LogP contribution is -2.33. The number of aryl methyl sites for hydroxylation is 1. The van der Waals surface area contributed by atoms with Crippen LogP contribution in [-0.2, 0) is 13.0 Å².